The standard InChI is InChI=1S/C20H27N3O2S/c1-12-8-13(2)10-16(9-12)19-22-23-20(25-19)26-11-18(24)21-17-7-5-6-14(3)15(17)4/h8-10,14-15,17H,5-7,11H2,1-4H3,(H,21,24)/t14-,15+,17-/m1/s1. The summed E-state index contributed by atoms with van der Waals surface area (Å²) in [6.07, 6.45) is 3.51. The monoisotopic (exact) mass is 373 g/mol. The van der Waals surface area contributed by atoms with Crippen molar-refractivity contribution < 1.29 is 9.21 Å². The fourth-order valence-electron chi connectivity index (χ4n) is 3.64. The van der Waals surface area contributed by atoms with Crippen molar-refractivity contribution in [1.29, 1.82) is 0 Å². The minimum Gasteiger partial charge on any atom is -0.411 e. The lowest BCUT2D eigenvalue weighted by Crippen LogP contribution is -2.44. The van der Waals surface area contributed by atoms with Crippen molar-refractivity contribution in [3.63, 3.8) is 0 Å². The van der Waals surface area contributed by atoms with Gasteiger partial charge in [0.25, 0.3) is 5.22 Å². The van der Waals surface area contributed by atoms with Gasteiger partial charge in [-0.05, 0) is 44.2 Å². The van der Waals surface area contributed by atoms with Crippen LogP contribution in [-0.4, -0.2) is 27.9 Å². The fraction of sp³-hybridized carbons (Fsp3) is 0.550. The second kappa shape index (κ2) is 8.25. The van der Waals surface area contributed by atoms with E-state index in [4.69, 9.17) is 4.42 Å². The van der Waals surface area contributed by atoms with Crippen LogP contribution >= 0.6 is 11.8 Å². The summed E-state index contributed by atoms with van der Waals surface area (Å²) in [6.45, 7) is 8.58. The van der Waals surface area contributed by atoms with Gasteiger partial charge in [-0.25, -0.2) is 0 Å². The number of nitrogens with one attached hydrogen (secondary N) is 1. The first-order valence-electron chi connectivity index (χ1n) is 9.26. The maximum Gasteiger partial charge on any atom is 0.277 e. The number of nitrogens with zero attached hydrogens (tertiary/aromatic N) is 2. The van der Waals surface area contributed by atoms with Crippen molar-refractivity contribution in [2.75, 3.05) is 5.75 Å². The highest BCUT2D eigenvalue weighted by Gasteiger charge is 2.28. The quantitative estimate of drug-likeness (QED) is 0.788. The zero-order valence-corrected chi connectivity index (χ0v) is 16.7. The molecular weight excluding hydrogens is 346 g/mol. The van der Waals surface area contributed by atoms with Gasteiger partial charge in [-0.3, -0.25) is 4.79 Å². The molecule has 3 rings (SSSR count). The van der Waals surface area contributed by atoms with Crippen LogP contribution in [0.5, 0.6) is 0 Å². The molecule has 26 heavy (non-hydrogen) atoms. The highest BCUT2D eigenvalue weighted by molar-refractivity contribution is 7.99. The van der Waals surface area contributed by atoms with E-state index in [0.717, 1.165) is 23.1 Å². The SMILES string of the molecule is Cc1cc(C)cc(-c2nnc(SCC(=O)N[C@@H]3CCC[C@@H](C)[C@@H]3C)o2)c1. The van der Waals surface area contributed by atoms with Gasteiger partial charge in [0.05, 0.1) is 5.75 Å². The number of hydrogen-bond acceptors (Lipinski definition) is 5. The summed E-state index contributed by atoms with van der Waals surface area (Å²) in [5.74, 6) is 2.02. The number of aromatic nitrogens is 2. The summed E-state index contributed by atoms with van der Waals surface area (Å²) in [7, 11) is 0. The summed E-state index contributed by atoms with van der Waals surface area (Å²) >= 11 is 1.29. The van der Waals surface area contributed by atoms with Crippen molar-refractivity contribution >= 4 is 17.7 Å². The number of benzene rings is 1. The van der Waals surface area contributed by atoms with Gasteiger partial charge in [0.2, 0.25) is 11.8 Å². The Morgan fingerprint density at radius 3 is 2.65 bits per heavy atom. The van der Waals surface area contributed by atoms with Crippen LogP contribution in [0.25, 0.3) is 11.5 Å². The Balaban J connectivity index is 1.55. The third-order valence-corrected chi connectivity index (χ3v) is 6.07. The first-order valence-corrected chi connectivity index (χ1v) is 10.3. The number of hydrogen-bond donors (Lipinski definition) is 1. The lowest BCUT2D eigenvalue weighted by molar-refractivity contribution is -0.120. The van der Waals surface area contributed by atoms with Crippen LogP contribution in [0.2, 0.25) is 0 Å². The second-order valence-corrected chi connectivity index (χ2v) is 8.41. The topological polar surface area (TPSA) is 68.0 Å². The van der Waals surface area contributed by atoms with Gasteiger partial charge in [0.15, 0.2) is 0 Å². The van der Waals surface area contributed by atoms with Crippen LogP contribution in [0.3, 0.4) is 0 Å². The molecule has 3 atom stereocenters. The van der Waals surface area contributed by atoms with E-state index >= 15 is 0 Å². The Morgan fingerprint density at radius 2 is 1.92 bits per heavy atom. The van der Waals surface area contributed by atoms with Crippen LogP contribution < -0.4 is 5.32 Å². The van der Waals surface area contributed by atoms with E-state index in [2.05, 4.69) is 35.4 Å². The van der Waals surface area contributed by atoms with Crippen molar-refractivity contribution in [3.8, 4) is 11.5 Å². The van der Waals surface area contributed by atoms with E-state index in [-0.39, 0.29) is 11.9 Å². The normalized spacial score (nSPS) is 23.0. The van der Waals surface area contributed by atoms with Gasteiger partial charge in [-0.1, -0.05) is 55.6 Å². The maximum atomic E-state index is 12.3. The van der Waals surface area contributed by atoms with E-state index in [1.165, 1.54) is 24.6 Å². The summed E-state index contributed by atoms with van der Waals surface area (Å²) in [5.41, 5.74) is 3.22. The number of carbonyl (C=O) groups is 1. The summed E-state index contributed by atoms with van der Waals surface area (Å²) < 4.78 is 5.72. The Kier molecular flexibility index (Phi) is 6.01. The predicted molar refractivity (Wildman–Crippen MR) is 104 cm³/mol. The minimum absolute atomic E-state index is 0.0344. The lowest BCUT2D eigenvalue weighted by Gasteiger charge is -2.34. The Labute approximate surface area is 159 Å². The second-order valence-electron chi connectivity index (χ2n) is 7.48. The molecule has 1 aliphatic carbocycles. The molecule has 6 heteroatoms. The zero-order valence-electron chi connectivity index (χ0n) is 15.9. The van der Waals surface area contributed by atoms with Gasteiger partial charge in [-0.2, -0.15) is 0 Å². The van der Waals surface area contributed by atoms with Crippen molar-refractivity contribution in [2.45, 2.75) is 58.2 Å². The minimum atomic E-state index is 0.0344. The number of amides is 1. The maximum absolute atomic E-state index is 12.3. The lowest BCUT2D eigenvalue weighted by atomic mass is 9.78. The molecule has 1 saturated carbocycles. The van der Waals surface area contributed by atoms with Crippen molar-refractivity contribution in [3.05, 3.63) is 29.3 Å². The number of aryl methyl sites for hydroxylation is 2. The molecule has 0 unspecified atom stereocenters. The van der Waals surface area contributed by atoms with Crippen molar-refractivity contribution in [2.24, 2.45) is 11.8 Å². The first-order chi connectivity index (χ1) is 12.4. The average Bonchev–Trinajstić information content (AvgIpc) is 3.05. The van der Waals surface area contributed by atoms with Gasteiger partial charge in [-0.15, -0.1) is 10.2 Å². The molecular formula is C20H27N3O2S. The van der Waals surface area contributed by atoms with E-state index in [1.807, 2.05) is 26.0 Å². The number of rotatable bonds is 5. The molecule has 0 spiro atoms. The molecule has 0 bridgehead atoms. The average molecular weight is 374 g/mol. The van der Waals surface area contributed by atoms with Crippen LogP contribution in [0, 0.1) is 25.7 Å². The van der Waals surface area contributed by atoms with Crippen LogP contribution in [0.15, 0.2) is 27.8 Å². The Bertz CT molecular complexity index is 754. The van der Waals surface area contributed by atoms with Gasteiger partial charge in [0, 0.05) is 11.6 Å². The van der Waals surface area contributed by atoms with Gasteiger partial charge in [0.1, 0.15) is 0 Å². The number of carbonyl (C=O) groups excluding carboxylic acids is 1. The molecule has 1 fully saturated rings. The molecule has 0 radical (unpaired) electrons. The molecule has 1 N–H and O–H groups in total. The van der Waals surface area contributed by atoms with Crippen LogP contribution in [0.4, 0.5) is 0 Å². The summed E-state index contributed by atoms with van der Waals surface area (Å²) in [6, 6.07) is 6.42. The van der Waals surface area contributed by atoms with Crippen LogP contribution in [0.1, 0.15) is 44.2 Å². The molecule has 1 amide bonds. The highest BCUT2D eigenvalue weighted by atomic mass is 32.2. The largest absolute Gasteiger partial charge is 0.411 e. The predicted octanol–water partition coefficient (Wildman–Crippen LogP) is 4.39. The van der Waals surface area contributed by atoms with Gasteiger partial charge >= 0.3 is 0 Å². The molecule has 5 nitrogen and oxygen atoms in total. The van der Waals surface area contributed by atoms with E-state index in [1.54, 1.807) is 0 Å². The smallest absolute Gasteiger partial charge is 0.277 e. The molecule has 0 aliphatic heterocycles. The van der Waals surface area contributed by atoms with Crippen LogP contribution in [-0.2, 0) is 4.79 Å². The number of thioether (sulfide) groups is 1. The molecule has 1 aromatic heterocycles. The summed E-state index contributed by atoms with van der Waals surface area (Å²) in [5, 5.41) is 11.8. The molecule has 1 aromatic carbocycles. The summed E-state index contributed by atoms with van der Waals surface area (Å²) in [4.78, 5) is 12.3. The van der Waals surface area contributed by atoms with Gasteiger partial charge < -0.3 is 9.73 Å². The zero-order chi connectivity index (χ0) is 18.7. The molecule has 140 valence electrons. The highest BCUT2D eigenvalue weighted by Crippen LogP contribution is 2.30. The third kappa shape index (κ3) is 4.67. The molecule has 0 saturated heterocycles. The molecule has 2 aromatic rings. The van der Waals surface area contributed by atoms with E-state index in [9.17, 15) is 4.79 Å². The van der Waals surface area contributed by atoms with E-state index in [0.29, 0.717) is 28.7 Å². The van der Waals surface area contributed by atoms with Crippen molar-refractivity contribution in [1.82, 2.24) is 15.5 Å². The first kappa shape index (κ1) is 19.0. The Hall–Kier alpha value is -1.82. The molecule has 1 heterocycles. The molecule has 1 aliphatic rings. The fourth-order valence-corrected chi connectivity index (χ4v) is 4.22. The Morgan fingerprint density at radius 1 is 1.19 bits per heavy atom. The van der Waals surface area contributed by atoms with E-state index < -0.39 is 0 Å². The third-order valence-electron chi connectivity index (χ3n) is 5.26.